The van der Waals surface area contributed by atoms with Crippen LogP contribution in [0.2, 0.25) is 0 Å². The molecule has 2 rings (SSSR count). The average molecular weight is 248 g/mol. The number of oxazole rings is 1. The van der Waals surface area contributed by atoms with Crippen LogP contribution in [0.5, 0.6) is 11.8 Å². The van der Waals surface area contributed by atoms with Crippen LogP contribution in [0.1, 0.15) is 11.3 Å². The normalized spacial score (nSPS) is 10.6. The second-order valence-corrected chi connectivity index (χ2v) is 3.80. The van der Waals surface area contributed by atoms with Gasteiger partial charge in [0.1, 0.15) is 12.0 Å². The number of hydrogen-bond acceptors (Lipinski definition) is 5. The van der Waals surface area contributed by atoms with Crippen molar-refractivity contribution in [3.05, 3.63) is 41.8 Å². The molecule has 96 valence electrons. The molecule has 1 aromatic carbocycles. The highest BCUT2D eigenvalue weighted by Gasteiger charge is 2.05. The summed E-state index contributed by atoms with van der Waals surface area (Å²) in [4.78, 5) is 4.06. The first-order chi connectivity index (χ1) is 8.81. The molecule has 0 unspecified atom stereocenters. The van der Waals surface area contributed by atoms with E-state index >= 15 is 0 Å². The van der Waals surface area contributed by atoms with E-state index in [2.05, 4.69) is 4.98 Å². The van der Waals surface area contributed by atoms with Crippen LogP contribution in [0, 0.1) is 0 Å². The van der Waals surface area contributed by atoms with Crippen LogP contribution >= 0.6 is 0 Å². The summed E-state index contributed by atoms with van der Waals surface area (Å²) in [5.74, 6) is 0.682. The summed E-state index contributed by atoms with van der Waals surface area (Å²) in [6.07, 6.45) is 2.58. The Bertz CT molecular complexity index is 479. The number of nitrogens with zero attached hydrogens (tertiary/aromatic N) is 1. The molecule has 0 saturated heterocycles. The van der Waals surface area contributed by atoms with Gasteiger partial charge in [0, 0.05) is 13.7 Å². The highest BCUT2D eigenvalue weighted by atomic mass is 16.6. The zero-order chi connectivity index (χ0) is 12.8. The minimum Gasteiger partial charge on any atom is -0.417 e. The fourth-order valence-corrected chi connectivity index (χ4v) is 1.47. The van der Waals surface area contributed by atoms with Crippen LogP contribution in [-0.4, -0.2) is 18.7 Å². The fourth-order valence-electron chi connectivity index (χ4n) is 1.47. The lowest BCUT2D eigenvalue weighted by molar-refractivity contribution is 0.202. The van der Waals surface area contributed by atoms with E-state index < -0.39 is 0 Å². The van der Waals surface area contributed by atoms with Crippen molar-refractivity contribution in [2.24, 2.45) is 5.73 Å². The van der Waals surface area contributed by atoms with Crippen molar-refractivity contribution in [3.8, 4) is 11.8 Å². The van der Waals surface area contributed by atoms with Crippen molar-refractivity contribution in [2.75, 3.05) is 13.7 Å². The van der Waals surface area contributed by atoms with Gasteiger partial charge >= 0.3 is 6.08 Å². The van der Waals surface area contributed by atoms with E-state index in [-0.39, 0.29) is 6.08 Å². The first-order valence-corrected chi connectivity index (χ1v) is 5.72. The minimum absolute atomic E-state index is 0.208. The van der Waals surface area contributed by atoms with Gasteiger partial charge in [0.2, 0.25) is 0 Å². The highest BCUT2D eigenvalue weighted by molar-refractivity contribution is 5.29. The van der Waals surface area contributed by atoms with Crippen LogP contribution in [-0.2, 0) is 17.7 Å². The van der Waals surface area contributed by atoms with Crippen LogP contribution in [0.15, 0.2) is 34.9 Å². The zero-order valence-corrected chi connectivity index (χ0v) is 10.3. The Morgan fingerprint density at radius 1 is 1.28 bits per heavy atom. The molecule has 0 atom stereocenters. The van der Waals surface area contributed by atoms with Crippen LogP contribution in [0.3, 0.4) is 0 Å². The van der Waals surface area contributed by atoms with Crippen molar-refractivity contribution >= 4 is 0 Å². The molecule has 0 amide bonds. The fraction of sp³-hybridized carbons (Fsp3) is 0.308. The van der Waals surface area contributed by atoms with Crippen molar-refractivity contribution in [1.82, 2.24) is 4.98 Å². The topological polar surface area (TPSA) is 70.5 Å². The number of nitrogens with two attached hydrogens (primary N) is 1. The third-order valence-corrected chi connectivity index (χ3v) is 2.46. The highest BCUT2D eigenvalue weighted by Crippen LogP contribution is 2.21. The van der Waals surface area contributed by atoms with Gasteiger partial charge in [0.15, 0.2) is 0 Å². The molecule has 18 heavy (non-hydrogen) atoms. The molecule has 0 spiro atoms. The Morgan fingerprint density at radius 2 is 2.06 bits per heavy atom. The summed E-state index contributed by atoms with van der Waals surface area (Å²) in [6.45, 7) is 1.04. The van der Waals surface area contributed by atoms with Crippen LogP contribution in [0.25, 0.3) is 0 Å². The van der Waals surface area contributed by atoms with E-state index in [0.29, 0.717) is 24.6 Å². The van der Waals surface area contributed by atoms with Gasteiger partial charge in [-0.15, -0.1) is 0 Å². The first kappa shape index (κ1) is 12.6. The molecule has 0 bridgehead atoms. The minimum atomic E-state index is 0.208. The molecule has 0 aliphatic heterocycles. The molecule has 0 saturated carbocycles. The molecule has 2 N–H and O–H groups in total. The zero-order valence-electron chi connectivity index (χ0n) is 10.3. The summed E-state index contributed by atoms with van der Waals surface area (Å²) in [7, 11) is 1.69. The van der Waals surface area contributed by atoms with E-state index in [4.69, 9.17) is 19.6 Å². The van der Waals surface area contributed by atoms with E-state index in [1.54, 1.807) is 7.11 Å². The molecular formula is C13H16N2O3. The van der Waals surface area contributed by atoms with Gasteiger partial charge in [-0.2, -0.15) is 4.98 Å². The number of hydrogen-bond donors (Lipinski definition) is 1. The van der Waals surface area contributed by atoms with Gasteiger partial charge in [0.05, 0.1) is 12.3 Å². The maximum atomic E-state index is 5.46. The monoisotopic (exact) mass is 248 g/mol. The van der Waals surface area contributed by atoms with Crippen LogP contribution < -0.4 is 10.5 Å². The second-order valence-electron chi connectivity index (χ2n) is 3.80. The van der Waals surface area contributed by atoms with Gasteiger partial charge in [-0.05, 0) is 24.1 Å². The average Bonchev–Trinajstić information content (AvgIpc) is 2.86. The van der Waals surface area contributed by atoms with Gasteiger partial charge in [0.25, 0.3) is 0 Å². The molecule has 1 heterocycles. The van der Waals surface area contributed by atoms with Gasteiger partial charge in [-0.25, -0.2) is 0 Å². The Balaban J connectivity index is 1.97. The molecule has 5 heteroatoms. The lowest BCUT2D eigenvalue weighted by Crippen LogP contribution is -1.96. The third kappa shape index (κ3) is 3.32. The van der Waals surface area contributed by atoms with E-state index in [0.717, 1.165) is 6.42 Å². The molecule has 0 fully saturated rings. The van der Waals surface area contributed by atoms with E-state index in [9.17, 15) is 0 Å². The third-order valence-electron chi connectivity index (χ3n) is 2.46. The number of benzene rings is 1. The predicted molar refractivity (Wildman–Crippen MR) is 66.5 cm³/mol. The summed E-state index contributed by atoms with van der Waals surface area (Å²) >= 11 is 0. The van der Waals surface area contributed by atoms with E-state index in [1.165, 1.54) is 11.8 Å². The molecular weight excluding hydrogens is 232 g/mol. The SMILES string of the molecule is COCCc1ccc(Oc2nc(CN)co2)cc1. The smallest absolute Gasteiger partial charge is 0.399 e. The summed E-state index contributed by atoms with van der Waals surface area (Å²) in [6, 6.07) is 7.72. The molecule has 1 aromatic heterocycles. The molecule has 0 aliphatic carbocycles. The summed E-state index contributed by atoms with van der Waals surface area (Å²) < 4.78 is 15.6. The number of ether oxygens (including phenoxy) is 2. The van der Waals surface area contributed by atoms with Crippen molar-refractivity contribution in [1.29, 1.82) is 0 Å². The van der Waals surface area contributed by atoms with E-state index in [1.807, 2.05) is 24.3 Å². The molecule has 0 radical (unpaired) electrons. The van der Waals surface area contributed by atoms with Gasteiger partial charge in [-0.3, -0.25) is 0 Å². The van der Waals surface area contributed by atoms with Crippen LogP contribution in [0.4, 0.5) is 0 Å². The van der Waals surface area contributed by atoms with Gasteiger partial charge in [-0.1, -0.05) is 12.1 Å². The molecule has 0 aliphatic rings. The first-order valence-electron chi connectivity index (χ1n) is 5.72. The maximum Gasteiger partial charge on any atom is 0.399 e. The lowest BCUT2D eigenvalue weighted by atomic mass is 10.1. The predicted octanol–water partition coefficient (Wildman–Crippen LogP) is 2.11. The Morgan fingerprint density at radius 3 is 2.67 bits per heavy atom. The summed E-state index contributed by atoms with van der Waals surface area (Å²) in [5.41, 5.74) is 7.30. The lowest BCUT2D eigenvalue weighted by Gasteiger charge is -2.03. The van der Waals surface area contributed by atoms with Gasteiger partial charge < -0.3 is 19.6 Å². The molecule has 5 nitrogen and oxygen atoms in total. The number of aromatic nitrogens is 1. The second kappa shape index (κ2) is 6.18. The maximum absolute atomic E-state index is 5.46. The Hall–Kier alpha value is -1.85. The Labute approximate surface area is 106 Å². The number of methoxy groups -OCH3 is 1. The summed E-state index contributed by atoms with van der Waals surface area (Å²) in [5, 5.41) is 0. The largest absolute Gasteiger partial charge is 0.417 e. The number of rotatable bonds is 6. The standard InChI is InChI=1S/C13H16N2O3/c1-16-7-6-10-2-4-12(5-3-10)18-13-15-11(8-14)9-17-13/h2-5,9H,6-8,14H2,1H3. The molecule has 2 aromatic rings. The quantitative estimate of drug-likeness (QED) is 0.847. The van der Waals surface area contributed by atoms with Crippen molar-refractivity contribution in [2.45, 2.75) is 13.0 Å². The van der Waals surface area contributed by atoms with Crippen molar-refractivity contribution in [3.63, 3.8) is 0 Å². The van der Waals surface area contributed by atoms with Crippen molar-refractivity contribution < 1.29 is 13.9 Å². The Kier molecular flexibility index (Phi) is 4.33.